The molecule has 3 N–H and O–H groups in total. The van der Waals surface area contributed by atoms with E-state index in [2.05, 4.69) is 9.84 Å². The highest BCUT2D eigenvalue weighted by Crippen LogP contribution is 2.18. The second-order valence-corrected chi connectivity index (χ2v) is 3.21. The summed E-state index contributed by atoms with van der Waals surface area (Å²) in [5.74, 6) is 0.0901. The first-order valence-corrected chi connectivity index (χ1v) is 4.75. The Kier molecular flexibility index (Phi) is 4.52. The predicted molar refractivity (Wildman–Crippen MR) is 58.3 cm³/mol. The van der Waals surface area contributed by atoms with Gasteiger partial charge in [0, 0.05) is 0 Å². The van der Waals surface area contributed by atoms with Crippen LogP contribution in [0.25, 0.3) is 0 Å². The highest BCUT2D eigenvalue weighted by atomic mass is 19.4. The van der Waals surface area contributed by atoms with Gasteiger partial charge in [0.25, 0.3) is 0 Å². The number of hydrogen-bond acceptors (Lipinski definition) is 3. The van der Waals surface area contributed by atoms with E-state index in [0.29, 0.717) is 5.56 Å². The minimum atomic E-state index is -4.37. The maximum atomic E-state index is 11.9. The topological polar surface area (TPSA) is 76.7 Å². The lowest BCUT2D eigenvalue weighted by atomic mass is 10.2. The number of carbonyl (C=O) groups excluding carboxylic acids is 1. The van der Waals surface area contributed by atoms with Crippen LogP contribution in [0.5, 0.6) is 5.75 Å². The van der Waals surface area contributed by atoms with E-state index < -0.39 is 18.8 Å². The predicted octanol–water partition coefficient (Wildman–Crippen LogP) is 1.63. The monoisotopic (exact) mass is 261 g/mol. The fourth-order valence-electron chi connectivity index (χ4n) is 0.986. The van der Waals surface area contributed by atoms with Gasteiger partial charge in [-0.1, -0.05) is 0 Å². The van der Waals surface area contributed by atoms with Gasteiger partial charge >= 0.3 is 12.2 Å². The Hall–Kier alpha value is -2.25. The Morgan fingerprint density at radius 2 is 2.00 bits per heavy atom. The molecule has 1 rings (SSSR count). The molecule has 0 unspecified atom stereocenters. The molecule has 0 heterocycles. The molecule has 18 heavy (non-hydrogen) atoms. The summed E-state index contributed by atoms with van der Waals surface area (Å²) in [5, 5.41) is 3.49. The molecule has 0 atom stereocenters. The van der Waals surface area contributed by atoms with Crippen LogP contribution < -0.4 is 15.9 Å². The molecule has 98 valence electrons. The Balaban J connectivity index is 2.52. The number of halogens is 3. The summed E-state index contributed by atoms with van der Waals surface area (Å²) in [6, 6.07) is 4.88. The molecule has 0 saturated heterocycles. The second kappa shape index (κ2) is 5.89. The molecule has 0 radical (unpaired) electrons. The molecule has 2 amide bonds. The van der Waals surface area contributed by atoms with Crippen molar-refractivity contribution < 1.29 is 22.7 Å². The van der Waals surface area contributed by atoms with Crippen molar-refractivity contribution in [3.63, 3.8) is 0 Å². The van der Waals surface area contributed by atoms with Crippen molar-refractivity contribution in [3.8, 4) is 5.75 Å². The molecule has 1 aromatic rings. The third-order valence-electron chi connectivity index (χ3n) is 1.67. The van der Waals surface area contributed by atoms with E-state index in [9.17, 15) is 18.0 Å². The van der Waals surface area contributed by atoms with Crippen molar-refractivity contribution in [3.05, 3.63) is 29.8 Å². The summed E-state index contributed by atoms with van der Waals surface area (Å²) < 4.78 is 40.1. The summed E-state index contributed by atoms with van der Waals surface area (Å²) in [6.45, 7) is -1.34. The number of benzene rings is 1. The number of primary amides is 1. The summed E-state index contributed by atoms with van der Waals surface area (Å²) in [7, 11) is 0. The van der Waals surface area contributed by atoms with E-state index in [-0.39, 0.29) is 5.75 Å². The Morgan fingerprint density at radius 3 is 2.50 bits per heavy atom. The first-order valence-electron chi connectivity index (χ1n) is 4.75. The van der Waals surface area contributed by atoms with Gasteiger partial charge in [0.1, 0.15) is 5.75 Å². The lowest BCUT2D eigenvalue weighted by Crippen LogP contribution is -2.24. The van der Waals surface area contributed by atoms with Crippen LogP contribution in [0.15, 0.2) is 29.4 Å². The molecule has 0 fully saturated rings. The number of nitrogens with one attached hydrogen (secondary N) is 1. The van der Waals surface area contributed by atoms with Crippen LogP contribution in [0.3, 0.4) is 0 Å². The van der Waals surface area contributed by atoms with Crippen LogP contribution in [0.4, 0.5) is 18.0 Å². The zero-order valence-electron chi connectivity index (χ0n) is 9.07. The van der Waals surface area contributed by atoms with Crippen LogP contribution in [-0.4, -0.2) is 25.0 Å². The molecule has 0 spiro atoms. The van der Waals surface area contributed by atoms with E-state index in [1.807, 2.05) is 5.43 Å². The molecule has 0 aliphatic carbocycles. The first-order chi connectivity index (χ1) is 8.37. The second-order valence-electron chi connectivity index (χ2n) is 3.21. The summed E-state index contributed by atoms with van der Waals surface area (Å²) >= 11 is 0. The number of nitrogens with zero attached hydrogens (tertiary/aromatic N) is 1. The van der Waals surface area contributed by atoms with Crippen molar-refractivity contribution in [2.75, 3.05) is 6.61 Å². The number of ether oxygens (including phenoxy) is 1. The lowest BCUT2D eigenvalue weighted by molar-refractivity contribution is -0.153. The van der Waals surface area contributed by atoms with Gasteiger partial charge in [-0.3, -0.25) is 0 Å². The number of urea groups is 1. The molecular weight excluding hydrogens is 251 g/mol. The summed E-state index contributed by atoms with van der Waals surface area (Å²) in [6.07, 6.45) is -3.08. The third kappa shape index (κ3) is 5.73. The molecule has 0 saturated carbocycles. The van der Waals surface area contributed by atoms with Crippen LogP contribution >= 0.6 is 0 Å². The van der Waals surface area contributed by atoms with E-state index >= 15 is 0 Å². The van der Waals surface area contributed by atoms with Crippen molar-refractivity contribution in [1.82, 2.24) is 5.43 Å². The van der Waals surface area contributed by atoms with Crippen LogP contribution in [0, 0.1) is 0 Å². The Labute approximate surface area is 100 Å². The van der Waals surface area contributed by atoms with Gasteiger partial charge in [-0.15, -0.1) is 0 Å². The smallest absolute Gasteiger partial charge is 0.422 e. The number of rotatable bonds is 4. The average molecular weight is 261 g/mol. The molecule has 8 heteroatoms. The van der Waals surface area contributed by atoms with E-state index in [0.717, 1.165) is 0 Å². The van der Waals surface area contributed by atoms with E-state index in [4.69, 9.17) is 5.73 Å². The first kappa shape index (κ1) is 13.8. The number of hydrogen-bond donors (Lipinski definition) is 2. The van der Waals surface area contributed by atoms with Crippen LogP contribution in [-0.2, 0) is 0 Å². The Bertz CT molecular complexity index is 429. The highest BCUT2D eigenvalue weighted by molar-refractivity contribution is 5.81. The fourth-order valence-corrected chi connectivity index (χ4v) is 0.986. The fraction of sp³-hybridized carbons (Fsp3) is 0.200. The maximum absolute atomic E-state index is 11.9. The van der Waals surface area contributed by atoms with Gasteiger partial charge in [0.15, 0.2) is 6.61 Å². The molecule has 0 aliphatic heterocycles. The zero-order chi connectivity index (χ0) is 13.6. The van der Waals surface area contributed by atoms with E-state index in [1.165, 1.54) is 30.5 Å². The highest BCUT2D eigenvalue weighted by Gasteiger charge is 2.28. The normalized spacial score (nSPS) is 11.5. The van der Waals surface area contributed by atoms with Gasteiger partial charge in [-0.25, -0.2) is 10.2 Å². The molecular formula is C10H10F3N3O2. The van der Waals surface area contributed by atoms with Gasteiger partial charge in [0.2, 0.25) is 0 Å². The lowest BCUT2D eigenvalue weighted by Gasteiger charge is -2.08. The summed E-state index contributed by atoms with van der Waals surface area (Å²) in [4.78, 5) is 10.3. The number of hydrazone groups is 1. The van der Waals surface area contributed by atoms with Crippen LogP contribution in [0.1, 0.15) is 5.56 Å². The number of nitrogens with two attached hydrogens (primary N) is 1. The quantitative estimate of drug-likeness (QED) is 0.638. The minimum absolute atomic E-state index is 0.0901. The molecule has 0 bridgehead atoms. The van der Waals surface area contributed by atoms with Crippen LogP contribution in [0.2, 0.25) is 0 Å². The summed E-state index contributed by atoms with van der Waals surface area (Å²) in [5.41, 5.74) is 7.32. The maximum Gasteiger partial charge on any atom is 0.422 e. The van der Waals surface area contributed by atoms with Gasteiger partial charge in [-0.2, -0.15) is 18.3 Å². The standard InChI is InChI=1S/C10H10F3N3O2/c11-10(12,13)6-18-8-3-1-7(2-4-8)5-15-16-9(14)17/h1-5H,6H2,(H3,14,16,17). The Morgan fingerprint density at radius 1 is 1.39 bits per heavy atom. The minimum Gasteiger partial charge on any atom is -0.484 e. The number of alkyl halides is 3. The number of carbonyl (C=O) groups is 1. The molecule has 1 aromatic carbocycles. The van der Waals surface area contributed by atoms with Crippen molar-refractivity contribution in [1.29, 1.82) is 0 Å². The number of amides is 2. The van der Waals surface area contributed by atoms with Gasteiger partial charge in [0.05, 0.1) is 6.21 Å². The average Bonchev–Trinajstić information content (AvgIpc) is 2.26. The molecule has 0 aromatic heterocycles. The van der Waals surface area contributed by atoms with Crippen molar-refractivity contribution in [2.24, 2.45) is 10.8 Å². The third-order valence-corrected chi connectivity index (χ3v) is 1.67. The van der Waals surface area contributed by atoms with Gasteiger partial charge in [-0.05, 0) is 29.8 Å². The molecule has 0 aliphatic rings. The molecule has 5 nitrogen and oxygen atoms in total. The zero-order valence-corrected chi connectivity index (χ0v) is 9.07. The van der Waals surface area contributed by atoms with Crippen molar-refractivity contribution in [2.45, 2.75) is 6.18 Å². The SMILES string of the molecule is NC(=O)NN=Cc1ccc(OCC(F)(F)F)cc1. The largest absolute Gasteiger partial charge is 0.484 e. The van der Waals surface area contributed by atoms with Gasteiger partial charge < -0.3 is 10.5 Å². The van der Waals surface area contributed by atoms with E-state index in [1.54, 1.807) is 0 Å². The van der Waals surface area contributed by atoms with Crippen molar-refractivity contribution >= 4 is 12.2 Å².